The minimum Gasteiger partial charge on any atom is -0.444 e. The maximum Gasteiger partial charge on any atom is 0.410 e. The lowest BCUT2D eigenvalue weighted by atomic mass is 10.0. The van der Waals surface area contributed by atoms with Crippen LogP contribution in [0.4, 0.5) is 4.79 Å². The molecule has 4 heteroatoms. The van der Waals surface area contributed by atoms with Crippen LogP contribution in [-0.4, -0.2) is 41.3 Å². The Morgan fingerprint density at radius 1 is 1.14 bits per heavy atom. The number of amides is 1. The number of carbonyl (C=O) groups excluding carboxylic acids is 1. The van der Waals surface area contributed by atoms with Crippen LogP contribution in [0.5, 0.6) is 0 Å². The molecule has 0 rings (SSSR count). The quantitative estimate of drug-likeness (QED) is 0.755. The Labute approximate surface area is 138 Å². The van der Waals surface area contributed by atoms with Gasteiger partial charge in [0.25, 0.3) is 0 Å². The fraction of sp³-hybridized carbons (Fsp3) is 0.944. The van der Waals surface area contributed by atoms with Crippen molar-refractivity contribution in [3.05, 3.63) is 0 Å². The lowest BCUT2D eigenvalue weighted by Crippen LogP contribution is -2.50. The van der Waals surface area contributed by atoms with Gasteiger partial charge in [0.15, 0.2) is 0 Å². The third-order valence-corrected chi connectivity index (χ3v) is 3.70. The van der Waals surface area contributed by atoms with Crippen molar-refractivity contribution in [1.29, 1.82) is 0 Å². The first-order valence-corrected chi connectivity index (χ1v) is 8.60. The van der Waals surface area contributed by atoms with Crippen LogP contribution in [0.15, 0.2) is 0 Å². The molecule has 132 valence electrons. The molecule has 0 fully saturated rings. The molecule has 0 aromatic rings. The van der Waals surface area contributed by atoms with Gasteiger partial charge in [-0.15, -0.1) is 0 Å². The highest BCUT2D eigenvalue weighted by Crippen LogP contribution is 2.18. The van der Waals surface area contributed by atoms with E-state index in [0.29, 0.717) is 12.6 Å². The molecule has 0 saturated carbocycles. The van der Waals surface area contributed by atoms with Gasteiger partial charge in [0.1, 0.15) is 5.60 Å². The van der Waals surface area contributed by atoms with Gasteiger partial charge >= 0.3 is 6.09 Å². The Morgan fingerprint density at radius 2 is 1.68 bits per heavy atom. The molecule has 1 amide bonds. The zero-order valence-corrected chi connectivity index (χ0v) is 16.2. The Morgan fingerprint density at radius 3 is 2.09 bits per heavy atom. The topological polar surface area (TPSA) is 41.6 Å². The molecule has 0 heterocycles. The predicted octanol–water partition coefficient (Wildman–Crippen LogP) is 4.44. The zero-order chi connectivity index (χ0) is 17.6. The maximum absolute atomic E-state index is 12.4. The second-order valence-corrected chi connectivity index (χ2v) is 8.41. The van der Waals surface area contributed by atoms with Crippen molar-refractivity contribution >= 4 is 6.09 Å². The average Bonchev–Trinajstić information content (AvgIpc) is 2.30. The number of carbonyl (C=O) groups is 1. The molecule has 22 heavy (non-hydrogen) atoms. The summed E-state index contributed by atoms with van der Waals surface area (Å²) < 4.78 is 5.53. The molecule has 0 aliphatic rings. The van der Waals surface area contributed by atoms with Crippen LogP contribution in [0.1, 0.15) is 75.2 Å². The second-order valence-electron chi connectivity index (χ2n) is 8.41. The molecule has 0 radical (unpaired) electrons. The molecule has 4 nitrogen and oxygen atoms in total. The zero-order valence-electron chi connectivity index (χ0n) is 16.2. The Kier molecular flexibility index (Phi) is 8.45. The molecular weight excluding hydrogens is 276 g/mol. The summed E-state index contributed by atoms with van der Waals surface area (Å²) in [6.45, 7) is 20.0. The van der Waals surface area contributed by atoms with Crippen LogP contribution in [-0.2, 0) is 4.74 Å². The van der Waals surface area contributed by atoms with Crippen molar-refractivity contribution in [2.75, 3.05) is 13.1 Å². The highest BCUT2D eigenvalue weighted by atomic mass is 16.6. The Balaban J connectivity index is 4.48. The summed E-state index contributed by atoms with van der Waals surface area (Å²) in [6.07, 6.45) is 2.13. The molecule has 0 bridgehead atoms. The SMILES string of the molecule is CCC(C)CC(C)NCCN(C(=O)OC(C)(C)C)C(C)(C)C. The largest absolute Gasteiger partial charge is 0.444 e. The van der Waals surface area contributed by atoms with Crippen LogP contribution in [0, 0.1) is 5.92 Å². The summed E-state index contributed by atoms with van der Waals surface area (Å²) >= 11 is 0. The molecule has 2 unspecified atom stereocenters. The normalized spacial score (nSPS) is 15.3. The highest BCUT2D eigenvalue weighted by molar-refractivity contribution is 5.69. The van der Waals surface area contributed by atoms with E-state index < -0.39 is 5.60 Å². The third kappa shape index (κ3) is 9.29. The number of hydrogen-bond acceptors (Lipinski definition) is 3. The van der Waals surface area contributed by atoms with Gasteiger partial charge in [-0.05, 0) is 60.8 Å². The van der Waals surface area contributed by atoms with Crippen LogP contribution in [0.25, 0.3) is 0 Å². The fourth-order valence-electron chi connectivity index (χ4n) is 2.29. The summed E-state index contributed by atoms with van der Waals surface area (Å²) in [4.78, 5) is 14.2. The Hall–Kier alpha value is -0.770. The van der Waals surface area contributed by atoms with Crippen molar-refractivity contribution < 1.29 is 9.53 Å². The van der Waals surface area contributed by atoms with E-state index in [4.69, 9.17) is 4.74 Å². The van der Waals surface area contributed by atoms with Gasteiger partial charge < -0.3 is 15.0 Å². The first-order valence-electron chi connectivity index (χ1n) is 8.60. The van der Waals surface area contributed by atoms with E-state index >= 15 is 0 Å². The molecule has 0 aromatic carbocycles. The monoisotopic (exact) mass is 314 g/mol. The van der Waals surface area contributed by atoms with E-state index in [2.05, 4.69) is 26.1 Å². The van der Waals surface area contributed by atoms with Gasteiger partial charge in [0, 0.05) is 24.7 Å². The number of nitrogens with one attached hydrogen (secondary N) is 1. The van der Waals surface area contributed by atoms with Gasteiger partial charge in [-0.3, -0.25) is 0 Å². The molecule has 0 aliphatic heterocycles. The summed E-state index contributed by atoms with van der Waals surface area (Å²) in [5.41, 5.74) is -0.707. The maximum atomic E-state index is 12.4. The van der Waals surface area contributed by atoms with Crippen molar-refractivity contribution in [3.63, 3.8) is 0 Å². The van der Waals surface area contributed by atoms with Crippen LogP contribution < -0.4 is 5.32 Å². The van der Waals surface area contributed by atoms with E-state index in [1.165, 1.54) is 12.8 Å². The molecule has 0 aliphatic carbocycles. The lowest BCUT2D eigenvalue weighted by Gasteiger charge is -2.37. The highest BCUT2D eigenvalue weighted by Gasteiger charge is 2.30. The third-order valence-electron chi connectivity index (χ3n) is 3.70. The van der Waals surface area contributed by atoms with Crippen LogP contribution in [0.2, 0.25) is 0 Å². The van der Waals surface area contributed by atoms with E-state index in [-0.39, 0.29) is 11.6 Å². The number of nitrogens with zero attached hydrogens (tertiary/aromatic N) is 1. The molecule has 1 N–H and O–H groups in total. The first kappa shape index (κ1) is 21.2. The van der Waals surface area contributed by atoms with Gasteiger partial charge in [-0.2, -0.15) is 0 Å². The number of ether oxygens (including phenoxy) is 1. The van der Waals surface area contributed by atoms with E-state index in [9.17, 15) is 4.79 Å². The number of hydrogen-bond donors (Lipinski definition) is 1. The van der Waals surface area contributed by atoms with E-state index in [1.54, 1.807) is 4.90 Å². The molecule has 0 spiro atoms. The van der Waals surface area contributed by atoms with Crippen molar-refractivity contribution in [2.45, 2.75) is 92.3 Å². The summed E-state index contributed by atoms with van der Waals surface area (Å²) in [7, 11) is 0. The van der Waals surface area contributed by atoms with Gasteiger partial charge in [0.2, 0.25) is 0 Å². The molecule has 2 atom stereocenters. The molecule has 0 aromatic heterocycles. The predicted molar refractivity (Wildman–Crippen MR) is 94.2 cm³/mol. The van der Waals surface area contributed by atoms with Crippen LogP contribution >= 0.6 is 0 Å². The summed E-state index contributed by atoms with van der Waals surface area (Å²) in [5, 5.41) is 3.52. The second kappa shape index (κ2) is 8.76. The van der Waals surface area contributed by atoms with Gasteiger partial charge in [-0.25, -0.2) is 4.79 Å². The van der Waals surface area contributed by atoms with Gasteiger partial charge in [-0.1, -0.05) is 20.3 Å². The van der Waals surface area contributed by atoms with Crippen molar-refractivity contribution in [1.82, 2.24) is 10.2 Å². The van der Waals surface area contributed by atoms with E-state index in [0.717, 1.165) is 12.5 Å². The Bertz CT molecular complexity index is 329. The molecular formula is C18H38N2O2. The number of rotatable bonds is 7. The first-order chi connectivity index (χ1) is 9.86. The van der Waals surface area contributed by atoms with E-state index in [1.807, 2.05) is 41.5 Å². The minimum absolute atomic E-state index is 0.239. The van der Waals surface area contributed by atoms with Gasteiger partial charge in [0.05, 0.1) is 0 Å². The summed E-state index contributed by atoms with van der Waals surface area (Å²) in [6, 6.07) is 0.468. The summed E-state index contributed by atoms with van der Waals surface area (Å²) in [5.74, 6) is 0.729. The molecule has 0 saturated heterocycles. The minimum atomic E-state index is -0.460. The smallest absolute Gasteiger partial charge is 0.410 e. The van der Waals surface area contributed by atoms with Crippen molar-refractivity contribution in [3.8, 4) is 0 Å². The lowest BCUT2D eigenvalue weighted by molar-refractivity contribution is 0.00645. The van der Waals surface area contributed by atoms with Crippen molar-refractivity contribution in [2.24, 2.45) is 5.92 Å². The fourth-order valence-corrected chi connectivity index (χ4v) is 2.29. The van der Waals surface area contributed by atoms with Crippen LogP contribution in [0.3, 0.4) is 0 Å². The average molecular weight is 315 g/mol. The standard InChI is InChI=1S/C18H38N2O2/c1-10-14(2)13-15(3)19-11-12-20(17(4,5)6)16(21)22-18(7,8)9/h14-15,19H,10-13H2,1-9H3.